The zero-order valence-corrected chi connectivity index (χ0v) is 1.41. The molecule has 0 bridgehead atoms. The van der Waals surface area contributed by atoms with Crippen molar-refractivity contribution >= 4 is 21.9 Å². The smallest absolute Gasteiger partial charge is 0.0149 e. The van der Waals surface area contributed by atoms with Crippen molar-refractivity contribution in [3.63, 3.8) is 0 Å². The van der Waals surface area contributed by atoms with Crippen LogP contribution in [-0.2, 0) is 0 Å². The molecule has 0 spiro atoms. The molecule has 0 amide bonds. The first-order valence-electron chi connectivity index (χ1n) is 0. The number of hydrogen-bond acceptors (Lipinski definition) is 2. The van der Waals surface area contributed by atoms with Crippen molar-refractivity contribution in [2.75, 3.05) is 0 Å². The summed E-state index contributed by atoms with van der Waals surface area (Å²) in [5.74, 6) is 0. The van der Waals surface area contributed by atoms with Crippen molar-refractivity contribution < 1.29 is 0 Å². The molecule has 4 heavy (non-hydrogen) atoms. The molecule has 4 heteroatoms. The molecule has 6 N–H and O–H groups in total. The summed E-state index contributed by atoms with van der Waals surface area (Å²) in [6.07, 6.45) is 0. The van der Waals surface area contributed by atoms with Crippen LogP contribution >= 0.6 is 0 Å². The van der Waals surface area contributed by atoms with Crippen LogP contribution < -0.4 is 12.3 Å². The van der Waals surface area contributed by atoms with Crippen molar-refractivity contribution in [3.8, 4) is 0 Å². The zero-order valence-electron chi connectivity index (χ0n) is 1.41. The van der Waals surface area contributed by atoms with Crippen LogP contribution in [0.15, 0.2) is 0 Å². The Labute approximate surface area is 35.2 Å². The monoisotopic (exact) mass is 98.1 g/mol. The van der Waals surface area contributed by atoms with Gasteiger partial charge in [-0.1, -0.05) is 0 Å². The van der Waals surface area contributed by atoms with Crippen LogP contribution in [0.3, 0.4) is 0 Å². The van der Waals surface area contributed by atoms with E-state index in [1.807, 2.05) is 0 Å². The van der Waals surface area contributed by atoms with E-state index in [1.54, 1.807) is 0 Å². The van der Waals surface area contributed by atoms with Gasteiger partial charge in [-0.05, 0) is 21.9 Å². The summed E-state index contributed by atoms with van der Waals surface area (Å²) in [5.41, 5.74) is 0. The van der Waals surface area contributed by atoms with Crippen molar-refractivity contribution in [1.29, 1.82) is 0 Å². The lowest BCUT2D eigenvalue weighted by molar-refractivity contribution is 2.13. The van der Waals surface area contributed by atoms with E-state index in [0.29, 0.717) is 0 Å². The Hall–Kier alpha value is 0.354. The van der Waals surface area contributed by atoms with Crippen molar-refractivity contribution in [1.82, 2.24) is 12.3 Å². The molecule has 0 aromatic carbocycles. The predicted molar refractivity (Wildman–Crippen MR) is 32.7 cm³/mol. The molecule has 0 aliphatic rings. The van der Waals surface area contributed by atoms with Gasteiger partial charge in [0.25, 0.3) is 0 Å². The molecule has 0 aromatic rings. The van der Waals surface area contributed by atoms with E-state index in [-0.39, 0.29) is 34.2 Å². The van der Waals surface area contributed by atoms with Gasteiger partial charge in [-0.2, -0.15) is 0 Å². The summed E-state index contributed by atoms with van der Waals surface area (Å²) in [4.78, 5) is 0. The molecule has 0 heterocycles. The highest BCUT2D eigenvalue weighted by molar-refractivity contribution is 5.76. The van der Waals surface area contributed by atoms with E-state index in [4.69, 9.17) is 0 Å². The van der Waals surface area contributed by atoms with Gasteiger partial charge in [0.15, 0.2) is 0 Å². The molecule has 0 saturated carbocycles. The Morgan fingerprint density at radius 2 is 0.500 bits per heavy atom. The van der Waals surface area contributed by atoms with Crippen molar-refractivity contribution in [2.24, 2.45) is 0 Å². The van der Waals surface area contributed by atoms with Crippen molar-refractivity contribution in [3.05, 3.63) is 0 Å². The fraction of sp³-hybridized carbons (Fsp3) is 0. The van der Waals surface area contributed by atoms with Gasteiger partial charge in [0.1, 0.15) is 0 Å². The normalized spacial score (nSPS) is 0. The maximum Gasteiger partial charge on any atom is -0.0149 e. The van der Waals surface area contributed by atoms with E-state index in [1.165, 1.54) is 0 Å². The van der Waals surface area contributed by atoms with E-state index >= 15 is 0 Å². The molecule has 0 atom stereocenters. The summed E-state index contributed by atoms with van der Waals surface area (Å²) in [5, 5.41) is 0. The molecular formula is H14N2Si2. The van der Waals surface area contributed by atoms with Crippen LogP contribution in [-0.4, -0.2) is 21.9 Å². The van der Waals surface area contributed by atoms with Gasteiger partial charge >= 0.3 is 0 Å². The van der Waals surface area contributed by atoms with E-state index in [2.05, 4.69) is 0 Å². The predicted octanol–water partition coefficient (Wildman–Crippen LogP) is -2.58. The van der Waals surface area contributed by atoms with Crippen LogP contribution in [0.25, 0.3) is 0 Å². The molecule has 0 aliphatic carbocycles. The lowest BCUT2D eigenvalue weighted by Crippen LogP contribution is -0.482. The Bertz CT molecular complexity index is 4.00. The average Bonchev–Trinajstić information content (AvgIpc) is 0. The number of hydrogen-bond donors (Lipinski definition) is 2. The van der Waals surface area contributed by atoms with Gasteiger partial charge in [0, 0.05) is 0 Å². The summed E-state index contributed by atoms with van der Waals surface area (Å²) in [6, 6.07) is 0. The molecule has 32 valence electrons. The summed E-state index contributed by atoms with van der Waals surface area (Å²) >= 11 is 0. The lowest BCUT2D eigenvalue weighted by atomic mass is 14.0. The quantitative estimate of drug-likeness (QED) is 0.327. The Kier molecular flexibility index (Phi) is 14500. The molecule has 0 rings (SSSR count). The second-order valence-corrected chi connectivity index (χ2v) is 0. The highest BCUT2D eigenvalue weighted by Crippen LogP contribution is -0.380. The second kappa shape index (κ2) is 148. The second-order valence-electron chi connectivity index (χ2n) is 0. The van der Waals surface area contributed by atoms with Gasteiger partial charge in [-0.15, -0.1) is 0 Å². The number of rotatable bonds is 0. The first-order chi connectivity index (χ1) is 0. The van der Waals surface area contributed by atoms with E-state index in [9.17, 15) is 0 Å². The maximum atomic E-state index is 0. The van der Waals surface area contributed by atoms with Gasteiger partial charge in [-0.3, -0.25) is 0 Å². The summed E-state index contributed by atoms with van der Waals surface area (Å²) in [7, 11) is 0. The standard InChI is InChI=1S/2H3N.2H4Si/h2*1H3;2*1H4. The molecule has 0 radical (unpaired) electrons. The minimum atomic E-state index is 0. The molecule has 0 saturated heterocycles. The Morgan fingerprint density at radius 1 is 0.500 bits per heavy atom. The molecular weight excluding hydrogens is 84.2 g/mol. The third-order valence-electron chi connectivity index (χ3n) is 0. The average molecular weight is 98.3 g/mol. The molecule has 2 nitrogen and oxygen atoms in total. The first-order valence-corrected chi connectivity index (χ1v) is 0. The van der Waals surface area contributed by atoms with Crippen LogP contribution in [0, 0.1) is 0 Å². The SMILES string of the molecule is N.N.[SiH4].[SiH4]. The fourth-order valence-corrected chi connectivity index (χ4v) is 0. The topological polar surface area (TPSA) is 70.0 Å². The fourth-order valence-electron chi connectivity index (χ4n) is 0. The molecule has 0 fully saturated rings. The van der Waals surface area contributed by atoms with Gasteiger partial charge in [0.2, 0.25) is 0 Å². The largest absolute Gasteiger partial charge is 0.344 e. The molecule has 0 aliphatic heterocycles. The molecule has 0 aromatic heterocycles. The molecule has 0 unspecified atom stereocenters. The van der Waals surface area contributed by atoms with Crippen LogP contribution in [0.5, 0.6) is 0 Å². The van der Waals surface area contributed by atoms with Crippen LogP contribution in [0.1, 0.15) is 0 Å². The van der Waals surface area contributed by atoms with Crippen LogP contribution in [0.4, 0.5) is 0 Å². The first kappa shape index (κ1) is 391. The van der Waals surface area contributed by atoms with E-state index < -0.39 is 0 Å². The highest BCUT2D eigenvalue weighted by Gasteiger charge is -0.0138. The van der Waals surface area contributed by atoms with E-state index in [0.717, 1.165) is 0 Å². The van der Waals surface area contributed by atoms with Crippen molar-refractivity contribution in [2.45, 2.75) is 0 Å². The summed E-state index contributed by atoms with van der Waals surface area (Å²) in [6.45, 7) is 0. The Balaban J connectivity index is 0. The lowest BCUT2D eigenvalue weighted by Gasteiger charge is -0.345. The minimum absolute atomic E-state index is 0. The summed E-state index contributed by atoms with van der Waals surface area (Å²) < 4.78 is 0. The van der Waals surface area contributed by atoms with Gasteiger partial charge in [0.05, 0.1) is 0 Å². The minimum Gasteiger partial charge on any atom is -0.344 e. The highest BCUT2D eigenvalue weighted by atomic mass is 28.1. The van der Waals surface area contributed by atoms with Gasteiger partial charge in [-0.25, -0.2) is 0 Å². The Morgan fingerprint density at radius 3 is 0.500 bits per heavy atom. The zero-order chi connectivity index (χ0) is 0. The third-order valence-corrected chi connectivity index (χ3v) is 0. The third kappa shape index (κ3) is 34.5. The maximum absolute atomic E-state index is 0. The van der Waals surface area contributed by atoms with Crippen LogP contribution in [0.2, 0.25) is 0 Å². The van der Waals surface area contributed by atoms with Gasteiger partial charge < -0.3 is 12.3 Å².